The SMILES string of the molecule is C[C@H](O)Cn1ccc2ccc(F)c(Cl)c21. The largest absolute Gasteiger partial charge is 0.392 e. The van der Waals surface area contributed by atoms with Gasteiger partial charge in [0.1, 0.15) is 10.8 Å². The van der Waals surface area contributed by atoms with E-state index >= 15 is 0 Å². The second kappa shape index (κ2) is 3.83. The van der Waals surface area contributed by atoms with E-state index in [-0.39, 0.29) is 5.02 Å². The fraction of sp³-hybridized carbons (Fsp3) is 0.273. The molecule has 1 atom stereocenters. The van der Waals surface area contributed by atoms with Crippen molar-refractivity contribution in [2.75, 3.05) is 0 Å². The smallest absolute Gasteiger partial charge is 0.143 e. The Morgan fingerprint density at radius 1 is 1.47 bits per heavy atom. The maximum Gasteiger partial charge on any atom is 0.143 e. The number of aliphatic hydroxyl groups is 1. The molecule has 0 aliphatic heterocycles. The molecule has 0 fully saturated rings. The Balaban J connectivity index is 2.61. The Bertz CT molecular complexity index is 493. The van der Waals surface area contributed by atoms with Crippen LogP contribution in [-0.4, -0.2) is 15.8 Å². The van der Waals surface area contributed by atoms with Crippen molar-refractivity contribution < 1.29 is 9.50 Å². The number of fused-ring (bicyclic) bond motifs is 1. The highest BCUT2D eigenvalue weighted by atomic mass is 35.5. The number of nitrogens with zero attached hydrogens (tertiary/aromatic N) is 1. The normalized spacial score (nSPS) is 13.3. The quantitative estimate of drug-likeness (QED) is 0.839. The molecule has 2 nitrogen and oxygen atoms in total. The van der Waals surface area contributed by atoms with Crippen LogP contribution in [-0.2, 0) is 6.54 Å². The lowest BCUT2D eigenvalue weighted by Gasteiger charge is -2.08. The van der Waals surface area contributed by atoms with Gasteiger partial charge < -0.3 is 9.67 Å². The van der Waals surface area contributed by atoms with Gasteiger partial charge in [-0.3, -0.25) is 0 Å². The molecule has 2 aromatic rings. The average molecular weight is 228 g/mol. The molecule has 1 N–H and O–H groups in total. The van der Waals surface area contributed by atoms with Crippen molar-refractivity contribution in [3.05, 3.63) is 35.2 Å². The van der Waals surface area contributed by atoms with Gasteiger partial charge >= 0.3 is 0 Å². The number of benzene rings is 1. The van der Waals surface area contributed by atoms with E-state index in [1.54, 1.807) is 23.8 Å². The standard InChI is InChI=1S/C11H11ClFNO/c1-7(15)6-14-5-4-8-2-3-9(13)10(12)11(8)14/h2-5,7,15H,6H2,1H3/t7-/m0/s1. The molecule has 0 spiro atoms. The highest BCUT2D eigenvalue weighted by Gasteiger charge is 2.10. The van der Waals surface area contributed by atoms with Gasteiger partial charge in [-0.15, -0.1) is 0 Å². The van der Waals surface area contributed by atoms with Crippen molar-refractivity contribution in [2.24, 2.45) is 0 Å². The van der Waals surface area contributed by atoms with Gasteiger partial charge in [-0.2, -0.15) is 0 Å². The first-order chi connectivity index (χ1) is 7.09. The van der Waals surface area contributed by atoms with Crippen LogP contribution in [0.4, 0.5) is 4.39 Å². The summed E-state index contributed by atoms with van der Waals surface area (Å²) >= 11 is 5.88. The van der Waals surface area contributed by atoms with Crippen LogP contribution >= 0.6 is 11.6 Å². The van der Waals surface area contributed by atoms with Crippen molar-refractivity contribution in [1.82, 2.24) is 4.57 Å². The van der Waals surface area contributed by atoms with Gasteiger partial charge in [0.25, 0.3) is 0 Å². The molecular weight excluding hydrogens is 217 g/mol. The van der Waals surface area contributed by atoms with Crippen molar-refractivity contribution in [3.63, 3.8) is 0 Å². The molecular formula is C11H11ClFNO. The summed E-state index contributed by atoms with van der Waals surface area (Å²) in [4.78, 5) is 0. The lowest BCUT2D eigenvalue weighted by atomic mass is 10.2. The molecule has 0 unspecified atom stereocenters. The van der Waals surface area contributed by atoms with Gasteiger partial charge in [0.15, 0.2) is 0 Å². The molecule has 4 heteroatoms. The Kier molecular flexibility index (Phi) is 2.67. The van der Waals surface area contributed by atoms with Crippen molar-refractivity contribution in [1.29, 1.82) is 0 Å². The molecule has 15 heavy (non-hydrogen) atoms. The number of halogens is 2. The van der Waals surface area contributed by atoms with Crippen LogP contribution in [0.25, 0.3) is 10.9 Å². The molecule has 0 saturated heterocycles. The van der Waals surface area contributed by atoms with Crippen LogP contribution in [0.3, 0.4) is 0 Å². The maximum atomic E-state index is 13.2. The number of aliphatic hydroxyl groups excluding tert-OH is 1. The molecule has 0 aliphatic carbocycles. The van der Waals surface area contributed by atoms with E-state index in [1.165, 1.54) is 6.07 Å². The van der Waals surface area contributed by atoms with Gasteiger partial charge in [-0.05, 0) is 25.1 Å². The summed E-state index contributed by atoms with van der Waals surface area (Å²) in [5.41, 5.74) is 0.637. The summed E-state index contributed by atoms with van der Waals surface area (Å²) in [7, 11) is 0. The van der Waals surface area contributed by atoms with Crippen LogP contribution in [0.2, 0.25) is 5.02 Å². The monoisotopic (exact) mass is 227 g/mol. The molecule has 2 rings (SSSR count). The molecule has 0 aliphatic rings. The molecule has 0 saturated carbocycles. The van der Waals surface area contributed by atoms with E-state index in [0.29, 0.717) is 12.1 Å². The fourth-order valence-corrected chi connectivity index (χ4v) is 1.94. The topological polar surface area (TPSA) is 25.2 Å². The maximum absolute atomic E-state index is 13.2. The van der Waals surface area contributed by atoms with Crippen molar-refractivity contribution in [2.45, 2.75) is 19.6 Å². The second-order valence-corrected chi connectivity index (χ2v) is 3.99. The Morgan fingerprint density at radius 2 is 2.20 bits per heavy atom. The minimum Gasteiger partial charge on any atom is -0.392 e. The third-order valence-electron chi connectivity index (χ3n) is 2.28. The molecule has 80 valence electrons. The first kappa shape index (κ1) is 10.5. The van der Waals surface area contributed by atoms with Gasteiger partial charge in [-0.1, -0.05) is 11.6 Å². The third-order valence-corrected chi connectivity index (χ3v) is 2.64. The molecule has 0 amide bonds. The Hall–Kier alpha value is -1.06. The number of aromatic nitrogens is 1. The molecule has 1 aromatic carbocycles. The van der Waals surface area contributed by atoms with E-state index in [0.717, 1.165) is 5.39 Å². The zero-order valence-electron chi connectivity index (χ0n) is 8.24. The fourth-order valence-electron chi connectivity index (χ4n) is 1.66. The van der Waals surface area contributed by atoms with Gasteiger partial charge in [0.2, 0.25) is 0 Å². The highest BCUT2D eigenvalue weighted by Crippen LogP contribution is 2.27. The van der Waals surface area contributed by atoms with Gasteiger partial charge in [0, 0.05) is 18.1 Å². The van der Waals surface area contributed by atoms with E-state index < -0.39 is 11.9 Å². The first-order valence-electron chi connectivity index (χ1n) is 4.70. The minimum atomic E-state index is -0.486. The van der Waals surface area contributed by atoms with Crippen LogP contribution in [0.1, 0.15) is 6.92 Å². The summed E-state index contributed by atoms with van der Waals surface area (Å²) in [6, 6.07) is 4.87. The molecule has 0 radical (unpaired) electrons. The summed E-state index contributed by atoms with van der Waals surface area (Å²) in [6.07, 6.45) is 1.31. The van der Waals surface area contributed by atoms with Gasteiger partial charge in [-0.25, -0.2) is 4.39 Å². The summed E-state index contributed by atoms with van der Waals surface area (Å²) in [6.45, 7) is 2.09. The zero-order valence-corrected chi connectivity index (χ0v) is 9.00. The predicted molar refractivity (Wildman–Crippen MR) is 58.6 cm³/mol. The molecule has 0 bridgehead atoms. The van der Waals surface area contributed by atoms with Crippen LogP contribution in [0.15, 0.2) is 24.4 Å². The van der Waals surface area contributed by atoms with Crippen molar-refractivity contribution >= 4 is 22.5 Å². The van der Waals surface area contributed by atoms with E-state index in [4.69, 9.17) is 11.6 Å². The zero-order chi connectivity index (χ0) is 11.0. The summed E-state index contributed by atoms with van der Waals surface area (Å²) in [5, 5.41) is 10.3. The minimum absolute atomic E-state index is 0.109. The van der Waals surface area contributed by atoms with Gasteiger partial charge in [0.05, 0.1) is 11.6 Å². The van der Waals surface area contributed by atoms with E-state index in [1.807, 2.05) is 6.07 Å². The molecule has 1 heterocycles. The summed E-state index contributed by atoms with van der Waals surface area (Å²) in [5.74, 6) is -0.435. The van der Waals surface area contributed by atoms with Crippen molar-refractivity contribution in [3.8, 4) is 0 Å². The third kappa shape index (κ3) is 1.85. The van der Waals surface area contributed by atoms with Crippen LogP contribution < -0.4 is 0 Å². The Morgan fingerprint density at radius 3 is 2.87 bits per heavy atom. The number of rotatable bonds is 2. The lowest BCUT2D eigenvalue weighted by molar-refractivity contribution is 0.175. The lowest BCUT2D eigenvalue weighted by Crippen LogP contribution is -2.10. The Labute approximate surface area is 91.9 Å². The second-order valence-electron chi connectivity index (χ2n) is 3.62. The summed E-state index contributed by atoms with van der Waals surface area (Å²) < 4.78 is 15.0. The average Bonchev–Trinajstić information content (AvgIpc) is 2.55. The predicted octanol–water partition coefficient (Wildman–Crippen LogP) is 2.81. The number of hydrogen-bond donors (Lipinski definition) is 1. The molecule has 1 aromatic heterocycles. The van der Waals surface area contributed by atoms with E-state index in [2.05, 4.69) is 0 Å². The highest BCUT2D eigenvalue weighted by molar-refractivity contribution is 6.35. The van der Waals surface area contributed by atoms with Crippen LogP contribution in [0.5, 0.6) is 0 Å². The number of hydrogen-bond acceptors (Lipinski definition) is 1. The van der Waals surface area contributed by atoms with E-state index in [9.17, 15) is 9.50 Å². The first-order valence-corrected chi connectivity index (χ1v) is 5.08. The van der Waals surface area contributed by atoms with Crippen LogP contribution in [0, 0.1) is 5.82 Å².